The van der Waals surface area contributed by atoms with Crippen molar-refractivity contribution >= 4 is 5.88 Å². The van der Waals surface area contributed by atoms with E-state index in [0.29, 0.717) is 24.1 Å². The molecule has 36 heavy (non-hydrogen) atoms. The molecule has 1 saturated heterocycles. The molecule has 4 aromatic rings. The van der Waals surface area contributed by atoms with Crippen LogP contribution >= 0.6 is 0 Å². The molecule has 1 aromatic heterocycles. The van der Waals surface area contributed by atoms with Crippen LogP contribution in [0.2, 0.25) is 0 Å². The van der Waals surface area contributed by atoms with Gasteiger partial charge in [0.15, 0.2) is 0 Å². The predicted octanol–water partition coefficient (Wildman–Crippen LogP) is 5.91. The summed E-state index contributed by atoms with van der Waals surface area (Å²) in [5.74, 6) is 1.82. The molecule has 0 N–H and O–H groups in total. The third-order valence-corrected chi connectivity index (χ3v) is 6.49. The minimum Gasteiger partial charge on any atom is -0.494 e. The van der Waals surface area contributed by atoms with Gasteiger partial charge in [-0.15, -0.1) is 0 Å². The molecule has 0 bridgehead atoms. The molecule has 5 rings (SSSR count). The topological polar surface area (TPSA) is 65.5 Å². The van der Waals surface area contributed by atoms with Gasteiger partial charge in [0.2, 0.25) is 17.5 Å². The Morgan fingerprint density at radius 3 is 2.06 bits per heavy atom. The lowest BCUT2D eigenvalue weighted by Gasteiger charge is -2.39. The lowest BCUT2D eigenvalue weighted by molar-refractivity contribution is 0.209. The molecule has 0 unspecified atom stereocenters. The fourth-order valence-electron chi connectivity index (χ4n) is 4.70. The lowest BCUT2D eigenvalue weighted by atomic mass is 9.96. The number of rotatable bonds is 8. The van der Waals surface area contributed by atoms with Crippen molar-refractivity contribution in [1.82, 2.24) is 9.88 Å². The summed E-state index contributed by atoms with van der Waals surface area (Å²) in [7, 11) is 0. The van der Waals surface area contributed by atoms with Crippen LogP contribution in [0.4, 0.5) is 5.88 Å². The molecule has 6 nitrogen and oxygen atoms in total. The molecule has 0 saturated carbocycles. The van der Waals surface area contributed by atoms with Gasteiger partial charge in [-0.1, -0.05) is 67.6 Å². The van der Waals surface area contributed by atoms with Gasteiger partial charge in [-0.25, -0.2) is 0 Å². The van der Waals surface area contributed by atoms with Crippen molar-refractivity contribution < 1.29 is 9.15 Å². The lowest BCUT2D eigenvalue weighted by Crippen LogP contribution is -2.48. The van der Waals surface area contributed by atoms with Crippen LogP contribution < -0.4 is 9.64 Å². The van der Waals surface area contributed by atoms with E-state index in [1.54, 1.807) is 0 Å². The van der Waals surface area contributed by atoms with Gasteiger partial charge in [0.1, 0.15) is 11.8 Å². The highest BCUT2D eigenvalue weighted by Crippen LogP contribution is 2.33. The number of hydrogen-bond donors (Lipinski definition) is 0. The Labute approximate surface area is 212 Å². The van der Waals surface area contributed by atoms with E-state index >= 15 is 0 Å². The number of nitriles is 1. The van der Waals surface area contributed by atoms with Crippen molar-refractivity contribution in [2.75, 3.05) is 37.7 Å². The van der Waals surface area contributed by atoms with Gasteiger partial charge in [-0.3, -0.25) is 4.90 Å². The summed E-state index contributed by atoms with van der Waals surface area (Å²) in [5.41, 5.74) is 3.72. The van der Waals surface area contributed by atoms with Crippen molar-refractivity contribution in [3.63, 3.8) is 0 Å². The third kappa shape index (κ3) is 5.12. The second-order valence-corrected chi connectivity index (χ2v) is 8.90. The second kappa shape index (κ2) is 11.1. The SMILES string of the molecule is CCCOc1ccc(-c2nc(C#N)c(N3CCN(C(c4ccccc4)c4ccccc4)CC3)o2)cc1. The van der Waals surface area contributed by atoms with Gasteiger partial charge >= 0.3 is 0 Å². The maximum absolute atomic E-state index is 9.76. The van der Waals surface area contributed by atoms with Crippen LogP contribution in [0.1, 0.15) is 36.2 Å². The van der Waals surface area contributed by atoms with E-state index in [1.165, 1.54) is 11.1 Å². The highest BCUT2D eigenvalue weighted by atomic mass is 16.5. The van der Waals surface area contributed by atoms with Crippen molar-refractivity contribution in [2.24, 2.45) is 0 Å². The molecule has 1 fully saturated rings. The Morgan fingerprint density at radius 1 is 0.889 bits per heavy atom. The number of piperazine rings is 1. The molecule has 1 aliphatic rings. The van der Waals surface area contributed by atoms with Crippen LogP contribution in [0.3, 0.4) is 0 Å². The van der Waals surface area contributed by atoms with E-state index in [0.717, 1.165) is 43.9 Å². The summed E-state index contributed by atoms with van der Waals surface area (Å²) in [4.78, 5) is 9.13. The van der Waals surface area contributed by atoms with Gasteiger partial charge in [0.25, 0.3) is 0 Å². The first-order chi connectivity index (χ1) is 17.8. The van der Waals surface area contributed by atoms with Crippen LogP contribution in [-0.2, 0) is 0 Å². The van der Waals surface area contributed by atoms with E-state index in [2.05, 4.69) is 88.4 Å². The predicted molar refractivity (Wildman–Crippen MR) is 141 cm³/mol. The number of anilines is 1. The van der Waals surface area contributed by atoms with Gasteiger partial charge in [-0.2, -0.15) is 10.2 Å². The molecule has 2 heterocycles. The van der Waals surface area contributed by atoms with Crippen LogP contribution in [0.25, 0.3) is 11.5 Å². The summed E-state index contributed by atoms with van der Waals surface area (Å²) in [6.45, 7) is 5.96. The fraction of sp³-hybridized carbons (Fsp3) is 0.267. The minimum atomic E-state index is 0.184. The number of benzene rings is 3. The van der Waals surface area contributed by atoms with Crippen molar-refractivity contribution in [2.45, 2.75) is 19.4 Å². The maximum Gasteiger partial charge on any atom is 0.235 e. The highest BCUT2D eigenvalue weighted by molar-refractivity contribution is 5.60. The van der Waals surface area contributed by atoms with Crippen molar-refractivity contribution in [3.05, 3.63) is 102 Å². The Hall–Kier alpha value is -4.08. The zero-order valence-electron chi connectivity index (χ0n) is 20.5. The van der Waals surface area contributed by atoms with Crippen LogP contribution in [0, 0.1) is 11.3 Å². The monoisotopic (exact) mass is 478 g/mol. The first-order valence-electron chi connectivity index (χ1n) is 12.5. The summed E-state index contributed by atoms with van der Waals surface area (Å²) in [6, 6.07) is 31.3. The fourth-order valence-corrected chi connectivity index (χ4v) is 4.70. The molecule has 182 valence electrons. The normalized spacial score (nSPS) is 14.1. The van der Waals surface area contributed by atoms with Crippen LogP contribution in [-0.4, -0.2) is 42.7 Å². The molecule has 0 atom stereocenters. The zero-order chi connectivity index (χ0) is 24.7. The average Bonchev–Trinajstić information content (AvgIpc) is 3.38. The Balaban J connectivity index is 1.33. The summed E-state index contributed by atoms with van der Waals surface area (Å²) >= 11 is 0. The number of hydrogen-bond acceptors (Lipinski definition) is 6. The molecule has 1 aliphatic heterocycles. The Morgan fingerprint density at radius 2 is 1.50 bits per heavy atom. The smallest absolute Gasteiger partial charge is 0.235 e. The molecular weight excluding hydrogens is 448 g/mol. The van der Waals surface area contributed by atoms with Crippen LogP contribution in [0.15, 0.2) is 89.3 Å². The highest BCUT2D eigenvalue weighted by Gasteiger charge is 2.29. The largest absolute Gasteiger partial charge is 0.494 e. The van der Waals surface area contributed by atoms with Gasteiger partial charge in [0, 0.05) is 31.7 Å². The standard InChI is InChI=1S/C30H30N4O2/c1-2-21-35-26-15-13-25(14-16-26)29-32-27(22-31)30(36-29)34-19-17-33(18-20-34)28(23-9-5-3-6-10-23)24-11-7-4-8-12-24/h3-16,28H,2,17-21H2,1H3. The number of nitrogens with zero attached hydrogens (tertiary/aromatic N) is 4. The Kier molecular flexibility index (Phi) is 7.30. The quantitative estimate of drug-likeness (QED) is 0.313. The first-order valence-corrected chi connectivity index (χ1v) is 12.5. The van der Waals surface area contributed by atoms with Gasteiger partial charge < -0.3 is 14.1 Å². The maximum atomic E-state index is 9.76. The number of aromatic nitrogens is 1. The molecule has 6 heteroatoms. The number of oxazole rings is 1. The van der Waals surface area contributed by atoms with Crippen LogP contribution in [0.5, 0.6) is 5.75 Å². The number of ether oxygens (including phenoxy) is 1. The molecule has 0 aliphatic carbocycles. The van der Waals surface area contributed by atoms with E-state index < -0.39 is 0 Å². The Bertz CT molecular complexity index is 1250. The van der Waals surface area contributed by atoms with E-state index in [1.807, 2.05) is 24.3 Å². The zero-order valence-corrected chi connectivity index (χ0v) is 20.5. The van der Waals surface area contributed by atoms with E-state index in [4.69, 9.17) is 9.15 Å². The minimum absolute atomic E-state index is 0.184. The van der Waals surface area contributed by atoms with E-state index in [9.17, 15) is 5.26 Å². The second-order valence-electron chi connectivity index (χ2n) is 8.90. The molecular formula is C30H30N4O2. The molecule has 3 aromatic carbocycles. The van der Waals surface area contributed by atoms with Crippen molar-refractivity contribution in [3.8, 4) is 23.3 Å². The van der Waals surface area contributed by atoms with Crippen molar-refractivity contribution in [1.29, 1.82) is 5.26 Å². The molecule has 0 spiro atoms. The summed E-state index contributed by atoms with van der Waals surface area (Å²) in [5, 5.41) is 9.76. The molecule has 0 radical (unpaired) electrons. The van der Waals surface area contributed by atoms with Gasteiger partial charge in [-0.05, 0) is 41.8 Å². The first kappa shape index (κ1) is 23.7. The average molecular weight is 479 g/mol. The third-order valence-electron chi connectivity index (χ3n) is 6.49. The molecule has 0 amide bonds. The summed E-state index contributed by atoms with van der Waals surface area (Å²) < 4.78 is 11.8. The van der Waals surface area contributed by atoms with Gasteiger partial charge in [0.05, 0.1) is 12.6 Å². The van der Waals surface area contributed by atoms with E-state index in [-0.39, 0.29) is 6.04 Å². The summed E-state index contributed by atoms with van der Waals surface area (Å²) in [6.07, 6.45) is 0.959.